The molecule has 0 spiro atoms. The summed E-state index contributed by atoms with van der Waals surface area (Å²) in [5.41, 5.74) is 8.02. The minimum absolute atomic E-state index is 0.484. The van der Waals surface area contributed by atoms with Crippen LogP contribution in [-0.2, 0) is 9.53 Å². The van der Waals surface area contributed by atoms with Crippen LogP contribution in [0.2, 0.25) is 0 Å². The summed E-state index contributed by atoms with van der Waals surface area (Å²) < 4.78 is 41.6. The van der Waals surface area contributed by atoms with Gasteiger partial charge in [0.05, 0.1) is 17.8 Å². The number of carbonyl (C=O) groups excluding carboxylic acids is 1. The van der Waals surface area contributed by atoms with E-state index in [4.69, 9.17) is 15.9 Å². The van der Waals surface area contributed by atoms with E-state index in [0.717, 1.165) is 5.56 Å². The number of hydrogen-bond donors (Lipinski definition) is 3. The number of anilines is 1. The van der Waals surface area contributed by atoms with Gasteiger partial charge in [0.15, 0.2) is 5.90 Å². The summed E-state index contributed by atoms with van der Waals surface area (Å²) in [5, 5.41) is 10.2. The topological polar surface area (TPSA) is 113 Å². The number of halogens is 3. The summed E-state index contributed by atoms with van der Waals surface area (Å²) in [6, 6.07) is 15.5. The average molecular weight is 447 g/mol. The molecule has 0 saturated carbocycles. The van der Waals surface area contributed by atoms with E-state index in [9.17, 15) is 18.0 Å². The molecule has 0 radical (unpaired) electrons. The first kappa shape index (κ1) is 24.6. The fourth-order valence-corrected chi connectivity index (χ4v) is 2.74. The molecule has 3 rings (SSSR count). The van der Waals surface area contributed by atoms with Gasteiger partial charge in [-0.2, -0.15) is 18.2 Å². The Labute approximate surface area is 183 Å². The zero-order valence-corrected chi connectivity index (χ0v) is 17.6. The Morgan fingerprint density at radius 3 is 2.44 bits per heavy atom. The van der Waals surface area contributed by atoms with Crippen LogP contribution < -0.4 is 11.1 Å². The minimum atomic E-state index is -4.43. The Kier molecular flexibility index (Phi) is 8.51. The Hall–Kier alpha value is -3.69. The normalized spacial score (nSPS) is 15.9. The summed E-state index contributed by atoms with van der Waals surface area (Å²) in [7, 11) is 0. The molecule has 1 atom stereocenters. The summed E-state index contributed by atoms with van der Waals surface area (Å²) in [4.78, 5) is 20.9. The molecule has 1 heterocycles. The fraction of sp³-hybridized carbons (Fsp3) is 0.273. The quantitative estimate of drug-likeness (QED) is 0.474. The first-order chi connectivity index (χ1) is 15.2. The van der Waals surface area contributed by atoms with E-state index in [0.29, 0.717) is 17.0 Å². The van der Waals surface area contributed by atoms with Gasteiger partial charge in [0.2, 0.25) is 6.17 Å². The lowest BCUT2D eigenvalue weighted by atomic mass is 10.0. The van der Waals surface area contributed by atoms with E-state index in [-0.39, 0.29) is 0 Å². The molecule has 1 unspecified atom stereocenters. The van der Waals surface area contributed by atoms with Gasteiger partial charge in [0, 0.05) is 17.5 Å². The van der Waals surface area contributed by atoms with Crippen LogP contribution in [0.1, 0.15) is 37.8 Å². The molecule has 0 aliphatic carbocycles. The highest BCUT2D eigenvalue weighted by Gasteiger charge is 2.28. The minimum Gasteiger partial charge on any atom is -0.412 e. The van der Waals surface area contributed by atoms with Crippen LogP contribution in [0.4, 0.5) is 18.9 Å². The number of nitrogens with one attached hydrogen (secondary N) is 2. The molecule has 0 bridgehead atoms. The Morgan fingerprint density at radius 2 is 1.78 bits per heavy atom. The average Bonchev–Trinajstić information content (AvgIpc) is 2.90. The maximum absolute atomic E-state index is 12.6. The van der Waals surface area contributed by atoms with Crippen molar-refractivity contribution < 1.29 is 22.7 Å². The SMILES string of the molecule is CC.N=C(CCC(F)(F)F)O/C(N)=N/C1N=C(c2ccccc2)c2ccccc2NC1=O. The molecular formula is C22H24F3N5O2. The van der Waals surface area contributed by atoms with Gasteiger partial charge in [-0.15, -0.1) is 0 Å². The Bertz CT molecular complexity index is 1000. The lowest BCUT2D eigenvalue weighted by molar-refractivity contribution is -0.133. The molecule has 170 valence electrons. The van der Waals surface area contributed by atoms with Gasteiger partial charge < -0.3 is 15.8 Å². The third-order valence-corrected chi connectivity index (χ3v) is 4.09. The fourth-order valence-electron chi connectivity index (χ4n) is 2.74. The highest BCUT2D eigenvalue weighted by atomic mass is 19.4. The summed E-state index contributed by atoms with van der Waals surface area (Å²) >= 11 is 0. The van der Waals surface area contributed by atoms with Gasteiger partial charge in [-0.25, -0.2) is 4.99 Å². The van der Waals surface area contributed by atoms with Crippen molar-refractivity contribution in [2.24, 2.45) is 15.7 Å². The third kappa shape index (κ3) is 6.93. The van der Waals surface area contributed by atoms with E-state index in [1.54, 1.807) is 24.3 Å². The summed E-state index contributed by atoms with van der Waals surface area (Å²) in [6.07, 6.45) is -7.69. The number of hydrogen-bond acceptors (Lipinski definition) is 5. The number of rotatable bonds is 4. The highest BCUT2D eigenvalue weighted by molar-refractivity contribution is 6.19. The Morgan fingerprint density at radius 1 is 1.16 bits per heavy atom. The summed E-state index contributed by atoms with van der Waals surface area (Å²) in [6.45, 7) is 4.00. The van der Waals surface area contributed by atoms with Crippen LogP contribution in [0, 0.1) is 5.41 Å². The molecule has 7 nitrogen and oxygen atoms in total. The molecule has 1 aliphatic rings. The number of benzene rings is 2. The van der Waals surface area contributed by atoms with Crippen molar-refractivity contribution in [2.45, 2.75) is 39.0 Å². The molecule has 10 heteroatoms. The zero-order chi connectivity index (χ0) is 23.7. The van der Waals surface area contributed by atoms with Crippen molar-refractivity contribution >= 4 is 29.2 Å². The number of amides is 1. The van der Waals surface area contributed by atoms with E-state index in [1.165, 1.54) is 0 Å². The predicted octanol–water partition coefficient (Wildman–Crippen LogP) is 4.48. The molecule has 0 saturated heterocycles. The number of nitrogens with two attached hydrogens (primary N) is 1. The molecule has 0 aromatic heterocycles. The largest absolute Gasteiger partial charge is 0.412 e. The van der Waals surface area contributed by atoms with Crippen molar-refractivity contribution in [1.29, 1.82) is 5.41 Å². The summed E-state index contributed by atoms with van der Waals surface area (Å²) in [5.74, 6) is -1.31. The van der Waals surface area contributed by atoms with Crippen LogP contribution in [0.5, 0.6) is 0 Å². The van der Waals surface area contributed by atoms with Gasteiger partial charge in [-0.3, -0.25) is 10.2 Å². The third-order valence-electron chi connectivity index (χ3n) is 4.09. The van der Waals surface area contributed by atoms with Crippen LogP contribution in [0.25, 0.3) is 0 Å². The second kappa shape index (κ2) is 11.1. The molecule has 4 N–H and O–H groups in total. The second-order valence-electron chi connectivity index (χ2n) is 6.36. The molecule has 32 heavy (non-hydrogen) atoms. The standard InChI is InChI=1S/C20H18F3N5O2.C2H6/c21-20(22,23)11-10-15(24)30-19(25)28-17-18(29)26-14-9-5-4-8-13(14)16(27-17)12-6-2-1-3-7-12;1-2/h1-9,17,24H,10-11H2,(H2,25,28)(H,26,29);1-2H3. The zero-order valence-electron chi connectivity index (χ0n) is 17.6. The molecule has 1 amide bonds. The number of carbonyl (C=O) groups is 1. The number of benzodiazepines with no additional fused rings is 1. The van der Waals surface area contributed by atoms with Gasteiger partial charge in [-0.05, 0) is 6.07 Å². The van der Waals surface area contributed by atoms with E-state index in [1.807, 2.05) is 44.2 Å². The van der Waals surface area contributed by atoms with Crippen LogP contribution in [-0.4, -0.2) is 35.9 Å². The maximum Gasteiger partial charge on any atom is 0.389 e. The lowest BCUT2D eigenvalue weighted by Gasteiger charge is -2.10. The van der Waals surface area contributed by atoms with Crippen LogP contribution >= 0.6 is 0 Å². The van der Waals surface area contributed by atoms with Crippen molar-refractivity contribution in [3.8, 4) is 0 Å². The van der Waals surface area contributed by atoms with Gasteiger partial charge in [-0.1, -0.05) is 62.4 Å². The molecule has 2 aromatic rings. The Balaban J connectivity index is 0.00000176. The molecule has 1 aliphatic heterocycles. The number of amidine groups is 1. The van der Waals surface area contributed by atoms with Gasteiger partial charge >= 0.3 is 6.18 Å². The predicted molar refractivity (Wildman–Crippen MR) is 118 cm³/mol. The van der Waals surface area contributed by atoms with Crippen molar-refractivity contribution in [3.63, 3.8) is 0 Å². The number of alkyl halides is 3. The van der Waals surface area contributed by atoms with Gasteiger partial charge in [0.1, 0.15) is 0 Å². The van der Waals surface area contributed by atoms with E-state index < -0.39 is 43.0 Å². The second-order valence-corrected chi connectivity index (χ2v) is 6.36. The smallest absolute Gasteiger partial charge is 0.389 e. The van der Waals surface area contributed by atoms with E-state index >= 15 is 0 Å². The first-order valence-corrected chi connectivity index (χ1v) is 9.92. The van der Waals surface area contributed by atoms with E-state index in [2.05, 4.69) is 15.3 Å². The molecule has 2 aromatic carbocycles. The number of nitrogens with zero attached hydrogens (tertiary/aromatic N) is 2. The van der Waals surface area contributed by atoms with Gasteiger partial charge in [0.25, 0.3) is 11.9 Å². The lowest BCUT2D eigenvalue weighted by Crippen LogP contribution is -2.29. The molecule has 0 fully saturated rings. The van der Waals surface area contributed by atoms with Crippen molar-refractivity contribution in [2.75, 3.05) is 5.32 Å². The van der Waals surface area contributed by atoms with Crippen molar-refractivity contribution in [3.05, 3.63) is 65.7 Å². The number of para-hydroxylation sites is 1. The number of aliphatic imine (C=N–C) groups is 2. The monoisotopic (exact) mass is 447 g/mol. The van der Waals surface area contributed by atoms with Crippen molar-refractivity contribution in [1.82, 2.24) is 0 Å². The van der Waals surface area contributed by atoms with Crippen LogP contribution in [0.15, 0.2) is 64.6 Å². The highest BCUT2D eigenvalue weighted by Crippen LogP contribution is 2.24. The van der Waals surface area contributed by atoms with Crippen LogP contribution in [0.3, 0.4) is 0 Å². The number of ether oxygens (including phenoxy) is 1. The molecular weight excluding hydrogens is 423 g/mol. The first-order valence-electron chi connectivity index (χ1n) is 9.92. The maximum atomic E-state index is 12.6. The number of fused-ring (bicyclic) bond motifs is 1.